The van der Waals surface area contributed by atoms with E-state index < -0.39 is 10.0 Å². The monoisotopic (exact) mass is 463 g/mol. The SMILES string of the molecule is CCN1CC(CN(C)C(=O)C2CCN(S(=O)(=O)c3cccs3)CC2)Oc2ccccc21. The zero-order valence-corrected chi connectivity index (χ0v) is 19.6. The Kier molecular flexibility index (Phi) is 6.55. The smallest absolute Gasteiger partial charge is 0.252 e. The lowest BCUT2D eigenvalue weighted by Crippen LogP contribution is -2.49. The van der Waals surface area contributed by atoms with Crippen LogP contribution in [0.4, 0.5) is 5.69 Å². The van der Waals surface area contributed by atoms with Crippen LogP contribution in [-0.2, 0) is 14.8 Å². The molecule has 7 nitrogen and oxygen atoms in total. The summed E-state index contributed by atoms with van der Waals surface area (Å²) in [5.74, 6) is 0.769. The van der Waals surface area contributed by atoms with Gasteiger partial charge in [-0.1, -0.05) is 18.2 Å². The first kappa shape index (κ1) is 22.1. The molecule has 31 heavy (non-hydrogen) atoms. The van der Waals surface area contributed by atoms with Crippen LogP contribution in [0.15, 0.2) is 46.0 Å². The van der Waals surface area contributed by atoms with Gasteiger partial charge in [-0.15, -0.1) is 11.3 Å². The first-order chi connectivity index (χ1) is 14.9. The van der Waals surface area contributed by atoms with Crippen LogP contribution in [0.2, 0.25) is 0 Å². The van der Waals surface area contributed by atoms with Gasteiger partial charge < -0.3 is 14.5 Å². The maximum atomic E-state index is 13.0. The average molecular weight is 464 g/mol. The molecule has 1 amide bonds. The molecule has 2 aliphatic heterocycles. The van der Waals surface area contributed by atoms with Gasteiger partial charge >= 0.3 is 0 Å². The number of piperidine rings is 1. The molecule has 2 aromatic rings. The molecule has 0 saturated carbocycles. The number of hydrogen-bond donors (Lipinski definition) is 0. The van der Waals surface area contributed by atoms with E-state index in [1.165, 1.54) is 15.6 Å². The standard InChI is InChI=1S/C22H29N3O4S2/c1-3-24-16-18(29-20-8-5-4-7-19(20)24)15-23(2)22(26)17-10-12-25(13-11-17)31(27,28)21-9-6-14-30-21/h4-9,14,17-18H,3,10-13,15-16H2,1-2H3. The van der Waals surface area contributed by atoms with E-state index in [-0.39, 0.29) is 17.9 Å². The second-order valence-electron chi connectivity index (χ2n) is 8.08. The van der Waals surface area contributed by atoms with Crippen LogP contribution in [0.3, 0.4) is 0 Å². The maximum Gasteiger partial charge on any atom is 0.252 e. The van der Waals surface area contributed by atoms with E-state index >= 15 is 0 Å². The van der Waals surface area contributed by atoms with E-state index in [9.17, 15) is 13.2 Å². The number of likely N-dealkylation sites (N-methyl/N-ethyl adjacent to an activating group) is 2. The summed E-state index contributed by atoms with van der Waals surface area (Å²) in [6.45, 7) is 5.00. The summed E-state index contributed by atoms with van der Waals surface area (Å²) in [5.41, 5.74) is 1.09. The number of anilines is 1. The largest absolute Gasteiger partial charge is 0.485 e. The third kappa shape index (κ3) is 4.58. The Morgan fingerprint density at radius 2 is 1.94 bits per heavy atom. The molecule has 0 N–H and O–H groups in total. The fourth-order valence-corrected chi connectivity index (χ4v) is 6.98. The highest BCUT2D eigenvalue weighted by Gasteiger charge is 2.34. The van der Waals surface area contributed by atoms with E-state index in [1.54, 1.807) is 22.4 Å². The molecule has 3 heterocycles. The maximum absolute atomic E-state index is 13.0. The Bertz CT molecular complexity index is 1000. The molecule has 1 aromatic heterocycles. The number of carbonyl (C=O) groups excluding carboxylic acids is 1. The number of thiophene rings is 1. The van der Waals surface area contributed by atoms with Gasteiger partial charge in [0.15, 0.2) is 0 Å². The summed E-state index contributed by atoms with van der Waals surface area (Å²) in [6.07, 6.45) is 0.995. The molecule has 0 aliphatic carbocycles. The van der Waals surface area contributed by atoms with Gasteiger partial charge in [0, 0.05) is 32.6 Å². The molecule has 0 radical (unpaired) electrons. The number of nitrogens with zero attached hydrogens (tertiary/aromatic N) is 3. The summed E-state index contributed by atoms with van der Waals surface area (Å²) in [4.78, 5) is 17.1. The Hall–Kier alpha value is -2.10. The number of rotatable bonds is 6. The summed E-state index contributed by atoms with van der Waals surface area (Å²) >= 11 is 1.23. The van der Waals surface area contributed by atoms with Crippen LogP contribution in [0.5, 0.6) is 5.75 Å². The van der Waals surface area contributed by atoms with Crippen molar-refractivity contribution in [2.24, 2.45) is 5.92 Å². The fraction of sp³-hybridized carbons (Fsp3) is 0.500. The number of hydrogen-bond acceptors (Lipinski definition) is 6. The molecule has 0 bridgehead atoms. The quantitative estimate of drug-likeness (QED) is 0.659. The molecular formula is C22H29N3O4S2. The molecule has 1 unspecified atom stereocenters. The normalized spacial score (nSPS) is 20.2. The van der Waals surface area contributed by atoms with Crippen molar-refractivity contribution in [3.8, 4) is 5.75 Å². The van der Waals surface area contributed by atoms with Crippen molar-refractivity contribution in [2.45, 2.75) is 30.1 Å². The van der Waals surface area contributed by atoms with E-state index in [0.717, 1.165) is 24.5 Å². The number of para-hydroxylation sites is 2. The van der Waals surface area contributed by atoms with Gasteiger partial charge in [-0.05, 0) is 43.3 Å². The molecule has 0 spiro atoms. The van der Waals surface area contributed by atoms with E-state index in [4.69, 9.17) is 4.74 Å². The van der Waals surface area contributed by atoms with Gasteiger partial charge in [0.25, 0.3) is 10.0 Å². The van der Waals surface area contributed by atoms with Gasteiger partial charge in [-0.25, -0.2) is 8.42 Å². The van der Waals surface area contributed by atoms with Gasteiger partial charge in [0.05, 0.1) is 18.8 Å². The van der Waals surface area contributed by atoms with Crippen LogP contribution < -0.4 is 9.64 Å². The van der Waals surface area contributed by atoms with Crippen molar-refractivity contribution in [3.63, 3.8) is 0 Å². The average Bonchev–Trinajstić information content (AvgIpc) is 3.34. The molecule has 1 aromatic carbocycles. The second kappa shape index (κ2) is 9.18. The van der Waals surface area contributed by atoms with Crippen molar-refractivity contribution in [3.05, 3.63) is 41.8 Å². The first-order valence-electron chi connectivity index (χ1n) is 10.7. The Morgan fingerprint density at radius 3 is 2.61 bits per heavy atom. The lowest BCUT2D eigenvalue weighted by Gasteiger charge is -2.38. The number of fused-ring (bicyclic) bond motifs is 1. The van der Waals surface area contributed by atoms with Crippen LogP contribution in [-0.4, -0.2) is 69.4 Å². The molecule has 1 atom stereocenters. The van der Waals surface area contributed by atoms with Crippen LogP contribution in [0.25, 0.3) is 0 Å². The zero-order valence-electron chi connectivity index (χ0n) is 17.9. The van der Waals surface area contributed by atoms with E-state index in [0.29, 0.717) is 36.7 Å². The fourth-order valence-electron chi connectivity index (χ4n) is 4.36. The second-order valence-corrected chi connectivity index (χ2v) is 11.2. The van der Waals surface area contributed by atoms with Gasteiger partial charge in [0.2, 0.25) is 5.91 Å². The van der Waals surface area contributed by atoms with Gasteiger partial charge in [-0.3, -0.25) is 4.79 Å². The highest BCUT2D eigenvalue weighted by Crippen LogP contribution is 2.33. The lowest BCUT2D eigenvalue weighted by molar-refractivity contribution is -0.136. The van der Waals surface area contributed by atoms with Gasteiger partial charge in [0.1, 0.15) is 16.1 Å². The molecule has 168 valence electrons. The van der Waals surface area contributed by atoms with Gasteiger partial charge in [-0.2, -0.15) is 4.31 Å². The van der Waals surface area contributed by atoms with E-state index in [2.05, 4.69) is 17.9 Å². The van der Waals surface area contributed by atoms with E-state index in [1.807, 2.05) is 25.2 Å². The molecule has 4 rings (SSSR count). The minimum absolute atomic E-state index is 0.0682. The van der Waals surface area contributed by atoms with Crippen molar-refractivity contribution in [2.75, 3.05) is 44.7 Å². The predicted molar refractivity (Wildman–Crippen MR) is 122 cm³/mol. The molecule has 2 aliphatic rings. The highest BCUT2D eigenvalue weighted by molar-refractivity contribution is 7.91. The summed E-state index contributed by atoms with van der Waals surface area (Å²) in [5, 5.41) is 1.77. The summed E-state index contributed by atoms with van der Waals surface area (Å²) < 4.78 is 33.4. The Labute approximate surface area is 188 Å². The van der Waals surface area contributed by atoms with Crippen molar-refractivity contribution >= 4 is 33.0 Å². The Morgan fingerprint density at radius 1 is 1.19 bits per heavy atom. The molecule has 1 fully saturated rings. The molecule has 9 heteroatoms. The molecule has 1 saturated heterocycles. The number of benzene rings is 1. The zero-order chi connectivity index (χ0) is 22.0. The Balaban J connectivity index is 1.33. The molecular weight excluding hydrogens is 434 g/mol. The summed E-state index contributed by atoms with van der Waals surface area (Å²) in [6, 6.07) is 11.4. The van der Waals surface area contributed by atoms with Crippen LogP contribution in [0, 0.1) is 5.92 Å². The lowest BCUT2D eigenvalue weighted by atomic mass is 9.96. The number of carbonyl (C=O) groups is 1. The number of ether oxygens (including phenoxy) is 1. The third-order valence-corrected chi connectivity index (χ3v) is 9.32. The highest BCUT2D eigenvalue weighted by atomic mass is 32.2. The minimum Gasteiger partial charge on any atom is -0.485 e. The summed E-state index contributed by atoms with van der Waals surface area (Å²) in [7, 11) is -1.63. The third-order valence-electron chi connectivity index (χ3n) is 6.05. The first-order valence-corrected chi connectivity index (χ1v) is 13.0. The van der Waals surface area contributed by atoms with Crippen molar-refractivity contribution in [1.82, 2.24) is 9.21 Å². The number of sulfonamides is 1. The predicted octanol–water partition coefficient (Wildman–Crippen LogP) is 2.89. The van der Waals surface area contributed by atoms with Crippen LogP contribution in [0.1, 0.15) is 19.8 Å². The number of amides is 1. The topological polar surface area (TPSA) is 70.2 Å². The minimum atomic E-state index is -3.45. The van der Waals surface area contributed by atoms with Crippen molar-refractivity contribution < 1.29 is 17.9 Å². The van der Waals surface area contributed by atoms with Crippen molar-refractivity contribution in [1.29, 1.82) is 0 Å². The van der Waals surface area contributed by atoms with Crippen LogP contribution >= 0.6 is 11.3 Å².